The summed E-state index contributed by atoms with van der Waals surface area (Å²) in [6.07, 6.45) is 0.466. The number of hydrogen-bond donors (Lipinski definition) is 1. The van der Waals surface area contributed by atoms with Crippen LogP contribution in [0.5, 0.6) is 0 Å². The molecule has 0 aromatic heterocycles. The van der Waals surface area contributed by atoms with Crippen LogP contribution in [-0.4, -0.2) is 0 Å². The summed E-state index contributed by atoms with van der Waals surface area (Å²) < 4.78 is 13.8. The fourth-order valence-corrected chi connectivity index (χ4v) is 2.37. The Labute approximate surface area is 118 Å². The number of hydrogen-bond acceptors (Lipinski definition) is 1. The Bertz CT molecular complexity index is 595. The number of benzene rings is 2. The molecule has 0 heterocycles. The molecule has 0 aliphatic carbocycles. The maximum Gasteiger partial charge on any atom is 0.127 e. The molecule has 2 aromatic carbocycles. The zero-order valence-electron chi connectivity index (χ0n) is 11.1. The highest BCUT2D eigenvalue weighted by atomic mass is 35.5. The molecular weight excluding hydrogens is 261 g/mol. The average Bonchev–Trinajstić information content (AvgIpc) is 2.36. The molecule has 3 heteroatoms. The molecule has 0 aliphatic rings. The molecule has 1 nitrogen and oxygen atoms in total. The van der Waals surface area contributed by atoms with Crippen LogP contribution in [0.1, 0.15) is 28.3 Å². The van der Waals surface area contributed by atoms with Gasteiger partial charge in [0.15, 0.2) is 0 Å². The van der Waals surface area contributed by atoms with Gasteiger partial charge in [-0.25, -0.2) is 4.39 Å². The molecular formula is C16H17ClFN. The Kier molecular flexibility index (Phi) is 4.23. The minimum atomic E-state index is -0.298. The van der Waals surface area contributed by atoms with E-state index in [1.165, 1.54) is 17.2 Å². The SMILES string of the molecule is Cc1cccc(C(N)Cc2ccc(Cl)cc2F)c1C. The van der Waals surface area contributed by atoms with Crippen molar-refractivity contribution in [2.45, 2.75) is 26.3 Å². The van der Waals surface area contributed by atoms with E-state index in [0.717, 1.165) is 5.56 Å². The van der Waals surface area contributed by atoms with E-state index in [1.807, 2.05) is 19.1 Å². The largest absolute Gasteiger partial charge is 0.324 e. The van der Waals surface area contributed by atoms with Gasteiger partial charge in [0, 0.05) is 11.1 Å². The first-order valence-electron chi connectivity index (χ1n) is 6.24. The van der Waals surface area contributed by atoms with Crippen LogP contribution in [0.4, 0.5) is 4.39 Å². The van der Waals surface area contributed by atoms with Gasteiger partial charge in [-0.1, -0.05) is 35.9 Å². The third-order valence-electron chi connectivity index (χ3n) is 3.50. The van der Waals surface area contributed by atoms with Crippen molar-refractivity contribution in [3.63, 3.8) is 0 Å². The Hall–Kier alpha value is -1.38. The average molecular weight is 278 g/mol. The number of halogens is 2. The molecule has 0 amide bonds. The van der Waals surface area contributed by atoms with Gasteiger partial charge in [-0.2, -0.15) is 0 Å². The van der Waals surface area contributed by atoms with Crippen LogP contribution in [0.3, 0.4) is 0 Å². The second kappa shape index (κ2) is 5.72. The highest BCUT2D eigenvalue weighted by molar-refractivity contribution is 6.30. The van der Waals surface area contributed by atoms with Crippen LogP contribution in [0.15, 0.2) is 36.4 Å². The number of aryl methyl sites for hydroxylation is 1. The molecule has 0 spiro atoms. The fraction of sp³-hybridized carbons (Fsp3) is 0.250. The topological polar surface area (TPSA) is 26.0 Å². The maximum absolute atomic E-state index is 13.8. The molecule has 0 bridgehead atoms. The molecule has 0 aliphatic heterocycles. The second-order valence-electron chi connectivity index (χ2n) is 4.84. The van der Waals surface area contributed by atoms with Gasteiger partial charge in [0.05, 0.1) is 0 Å². The summed E-state index contributed by atoms with van der Waals surface area (Å²) in [7, 11) is 0. The third kappa shape index (κ3) is 3.14. The van der Waals surface area contributed by atoms with Crippen molar-refractivity contribution in [1.29, 1.82) is 0 Å². The van der Waals surface area contributed by atoms with E-state index in [9.17, 15) is 4.39 Å². The van der Waals surface area contributed by atoms with Gasteiger partial charge in [0.2, 0.25) is 0 Å². The first-order valence-corrected chi connectivity index (χ1v) is 6.62. The molecule has 1 unspecified atom stereocenters. The lowest BCUT2D eigenvalue weighted by Crippen LogP contribution is -2.15. The summed E-state index contributed by atoms with van der Waals surface area (Å²) in [6.45, 7) is 4.09. The fourth-order valence-electron chi connectivity index (χ4n) is 2.21. The molecule has 0 saturated carbocycles. The van der Waals surface area contributed by atoms with Gasteiger partial charge in [-0.15, -0.1) is 0 Å². The van der Waals surface area contributed by atoms with E-state index in [2.05, 4.69) is 13.0 Å². The summed E-state index contributed by atoms with van der Waals surface area (Å²) in [4.78, 5) is 0. The normalized spacial score (nSPS) is 12.5. The summed E-state index contributed by atoms with van der Waals surface area (Å²) in [5, 5.41) is 0.404. The minimum absolute atomic E-state index is 0.212. The monoisotopic (exact) mass is 277 g/mol. The van der Waals surface area contributed by atoms with E-state index in [4.69, 9.17) is 17.3 Å². The Morgan fingerprint density at radius 2 is 1.95 bits per heavy atom. The van der Waals surface area contributed by atoms with Gasteiger partial charge in [-0.3, -0.25) is 0 Å². The van der Waals surface area contributed by atoms with E-state index in [-0.39, 0.29) is 11.9 Å². The van der Waals surface area contributed by atoms with Gasteiger partial charge >= 0.3 is 0 Å². The van der Waals surface area contributed by atoms with Crippen molar-refractivity contribution in [2.75, 3.05) is 0 Å². The van der Waals surface area contributed by atoms with Crippen molar-refractivity contribution in [2.24, 2.45) is 5.73 Å². The molecule has 2 aromatic rings. The first kappa shape index (κ1) is 14.0. The lowest BCUT2D eigenvalue weighted by Gasteiger charge is -2.16. The third-order valence-corrected chi connectivity index (χ3v) is 3.74. The van der Waals surface area contributed by atoms with Gasteiger partial charge < -0.3 is 5.73 Å². The summed E-state index contributed by atoms with van der Waals surface area (Å²) >= 11 is 5.75. The molecule has 1 atom stereocenters. The van der Waals surface area contributed by atoms with Crippen molar-refractivity contribution < 1.29 is 4.39 Å². The van der Waals surface area contributed by atoms with Crippen molar-refractivity contribution >= 4 is 11.6 Å². The quantitative estimate of drug-likeness (QED) is 0.887. The van der Waals surface area contributed by atoms with Gasteiger partial charge in [-0.05, 0) is 54.7 Å². The molecule has 19 heavy (non-hydrogen) atoms. The van der Waals surface area contributed by atoms with Crippen LogP contribution in [-0.2, 0) is 6.42 Å². The Morgan fingerprint density at radius 3 is 2.63 bits per heavy atom. The molecule has 0 radical (unpaired) electrons. The minimum Gasteiger partial charge on any atom is -0.324 e. The van der Waals surface area contributed by atoms with E-state index < -0.39 is 0 Å². The van der Waals surface area contributed by atoms with Crippen molar-refractivity contribution in [1.82, 2.24) is 0 Å². The molecule has 2 rings (SSSR count). The molecule has 0 saturated heterocycles. The zero-order valence-corrected chi connectivity index (χ0v) is 11.8. The van der Waals surface area contributed by atoms with E-state index in [0.29, 0.717) is 17.0 Å². The Balaban J connectivity index is 2.25. The van der Waals surface area contributed by atoms with Crippen molar-refractivity contribution in [3.05, 3.63) is 69.5 Å². The first-order chi connectivity index (χ1) is 8.99. The lowest BCUT2D eigenvalue weighted by molar-refractivity contribution is 0.592. The van der Waals surface area contributed by atoms with Gasteiger partial charge in [0.25, 0.3) is 0 Å². The zero-order chi connectivity index (χ0) is 14.0. The van der Waals surface area contributed by atoms with Gasteiger partial charge in [0.1, 0.15) is 5.82 Å². The maximum atomic E-state index is 13.8. The number of nitrogens with two attached hydrogens (primary N) is 1. The molecule has 2 N–H and O–H groups in total. The second-order valence-corrected chi connectivity index (χ2v) is 5.27. The van der Waals surface area contributed by atoms with E-state index in [1.54, 1.807) is 12.1 Å². The van der Waals surface area contributed by atoms with Crippen LogP contribution >= 0.6 is 11.6 Å². The predicted octanol–water partition coefficient (Wildman–Crippen LogP) is 4.34. The Morgan fingerprint density at radius 1 is 1.21 bits per heavy atom. The van der Waals surface area contributed by atoms with Crippen LogP contribution in [0, 0.1) is 19.7 Å². The lowest BCUT2D eigenvalue weighted by atomic mass is 9.93. The van der Waals surface area contributed by atoms with E-state index >= 15 is 0 Å². The predicted molar refractivity (Wildman–Crippen MR) is 78.0 cm³/mol. The summed E-state index contributed by atoms with van der Waals surface area (Å²) in [6, 6.07) is 10.5. The molecule has 0 fully saturated rings. The highest BCUT2D eigenvalue weighted by Crippen LogP contribution is 2.24. The standard InChI is InChI=1S/C16H17ClFN/c1-10-4-3-5-14(11(10)2)16(19)8-12-6-7-13(17)9-15(12)18/h3-7,9,16H,8,19H2,1-2H3. The van der Waals surface area contributed by atoms with Crippen LogP contribution < -0.4 is 5.73 Å². The number of rotatable bonds is 3. The summed E-state index contributed by atoms with van der Waals surface area (Å²) in [5.41, 5.74) is 10.2. The summed E-state index contributed by atoms with van der Waals surface area (Å²) in [5.74, 6) is -0.298. The van der Waals surface area contributed by atoms with Crippen LogP contribution in [0.2, 0.25) is 5.02 Å². The highest BCUT2D eigenvalue weighted by Gasteiger charge is 2.13. The molecule has 100 valence electrons. The van der Waals surface area contributed by atoms with Crippen molar-refractivity contribution in [3.8, 4) is 0 Å². The van der Waals surface area contributed by atoms with Crippen LogP contribution in [0.25, 0.3) is 0 Å². The smallest absolute Gasteiger partial charge is 0.127 e.